The number of rotatable bonds is 6. The molecule has 0 atom stereocenters. The van der Waals surface area contributed by atoms with Crippen molar-refractivity contribution in [1.29, 1.82) is 0 Å². The first kappa shape index (κ1) is 19.2. The zero-order valence-corrected chi connectivity index (χ0v) is 15.9. The normalized spacial score (nSPS) is 10.4. The molecule has 2 aromatic heterocycles. The van der Waals surface area contributed by atoms with Gasteiger partial charge in [-0.05, 0) is 35.4 Å². The van der Waals surface area contributed by atoms with Crippen LogP contribution >= 0.6 is 0 Å². The van der Waals surface area contributed by atoms with Gasteiger partial charge in [0.1, 0.15) is 5.69 Å². The molecule has 3 rings (SSSR count). The lowest BCUT2D eigenvalue weighted by atomic mass is 10.1. The predicted octanol–water partition coefficient (Wildman–Crippen LogP) is 3.45. The van der Waals surface area contributed by atoms with Crippen molar-refractivity contribution in [2.75, 3.05) is 11.9 Å². The molecule has 0 saturated carbocycles. The predicted molar refractivity (Wildman–Crippen MR) is 109 cm³/mol. The zero-order chi connectivity index (χ0) is 19.9. The first-order valence-corrected chi connectivity index (χ1v) is 9.08. The van der Waals surface area contributed by atoms with E-state index in [1.807, 2.05) is 49.4 Å². The molecule has 0 aliphatic rings. The summed E-state index contributed by atoms with van der Waals surface area (Å²) in [5.41, 5.74) is 4.00. The van der Waals surface area contributed by atoms with Crippen LogP contribution in [0.3, 0.4) is 0 Å². The molecule has 0 bridgehead atoms. The van der Waals surface area contributed by atoms with Crippen LogP contribution in [0.5, 0.6) is 0 Å². The number of hydrogen-bond donors (Lipinski definition) is 1. The second-order valence-electron chi connectivity index (χ2n) is 6.33. The van der Waals surface area contributed by atoms with Crippen LogP contribution < -0.4 is 10.2 Å². The molecule has 0 saturated heterocycles. The highest BCUT2D eigenvalue weighted by Gasteiger charge is 2.10. The van der Waals surface area contributed by atoms with Gasteiger partial charge in [0.05, 0.1) is 0 Å². The summed E-state index contributed by atoms with van der Waals surface area (Å²) in [5.74, 6) is -0.165. The van der Waals surface area contributed by atoms with Crippen LogP contribution in [0.4, 0.5) is 5.69 Å². The fourth-order valence-corrected chi connectivity index (χ4v) is 2.73. The Morgan fingerprint density at radius 2 is 1.75 bits per heavy atom. The first-order valence-electron chi connectivity index (χ1n) is 9.08. The second kappa shape index (κ2) is 8.90. The van der Waals surface area contributed by atoms with Crippen LogP contribution in [0.15, 0.2) is 67.1 Å². The Kier molecular flexibility index (Phi) is 6.11. The summed E-state index contributed by atoms with van der Waals surface area (Å²) in [6.07, 6.45) is 5.55. The molecular weight excluding hydrogens is 352 g/mol. The van der Waals surface area contributed by atoms with Gasteiger partial charge in [0, 0.05) is 49.9 Å². The Morgan fingerprint density at radius 3 is 2.36 bits per heavy atom. The summed E-state index contributed by atoms with van der Waals surface area (Å²) in [6, 6.07) is 15.0. The van der Waals surface area contributed by atoms with Crippen molar-refractivity contribution in [3.63, 3.8) is 0 Å². The highest BCUT2D eigenvalue weighted by Crippen LogP contribution is 2.22. The molecule has 142 valence electrons. The summed E-state index contributed by atoms with van der Waals surface area (Å²) in [7, 11) is 1.77. The summed E-state index contributed by atoms with van der Waals surface area (Å²) in [6.45, 7) is 2.24. The number of nitrogens with one attached hydrogen (secondary N) is 1. The molecule has 0 spiro atoms. The summed E-state index contributed by atoms with van der Waals surface area (Å²) < 4.78 is 0. The number of nitrogens with zero attached hydrogens (tertiary/aromatic N) is 3. The van der Waals surface area contributed by atoms with Gasteiger partial charge in [-0.3, -0.25) is 19.6 Å². The van der Waals surface area contributed by atoms with Gasteiger partial charge in [-0.2, -0.15) is 0 Å². The average Bonchev–Trinajstić information content (AvgIpc) is 2.77. The van der Waals surface area contributed by atoms with Crippen molar-refractivity contribution in [1.82, 2.24) is 15.3 Å². The van der Waals surface area contributed by atoms with Gasteiger partial charge in [-0.15, -0.1) is 0 Å². The molecule has 6 nitrogen and oxygen atoms in total. The van der Waals surface area contributed by atoms with Crippen LogP contribution in [-0.4, -0.2) is 28.8 Å². The van der Waals surface area contributed by atoms with Crippen molar-refractivity contribution in [3.8, 4) is 11.1 Å². The number of benzene rings is 1. The maximum Gasteiger partial charge on any atom is 0.270 e. The number of amides is 2. The van der Waals surface area contributed by atoms with E-state index in [2.05, 4.69) is 15.3 Å². The SMILES string of the molecule is CCC(=O)N(C)c1ccc(-c2ccc(C(=O)NCc3cccnc3)nc2)cc1. The molecular formula is C22H22N4O2. The van der Waals surface area contributed by atoms with Crippen LogP contribution in [0.25, 0.3) is 11.1 Å². The van der Waals surface area contributed by atoms with Crippen molar-refractivity contribution < 1.29 is 9.59 Å². The molecule has 3 aromatic rings. The van der Waals surface area contributed by atoms with Crippen molar-refractivity contribution in [3.05, 3.63) is 78.4 Å². The van der Waals surface area contributed by atoms with E-state index in [0.717, 1.165) is 22.4 Å². The molecule has 2 amide bonds. The van der Waals surface area contributed by atoms with E-state index in [1.165, 1.54) is 0 Å². The minimum atomic E-state index is -0.231. The van der Waals surface area contributed by atoms with Gasteiger partial charge < -0.3 is 10.2 Å². The van der Waals surface area contributed by atoms with Gasteiger partial charge in [0.15, 0.2) is 0 Å². The van der Waals surface area contributed by atoms with Crippen LogP contribution in [0, 0.1) is 0 Å². The van der Waals surface area contributed by atoms with E-state index in [0.29, 0.717) is 18.7 Å². The smallest absolute Gasteiger partial charge is 0.270 e. The first-order chi connectivity index (χ1) is 13.6. The Morgan fingerprint density at radius 1 is 1.00 bits per heavy atom. The van der Waals surface area contributed by atoms with Crippen LogP contribution in [0.1, 0.15) is 29.4 Å². The number of hydrogen-bond acceptors (Lipinski definition) is 4. The fraction of sp³-hybridized carbons (Fsp3) is 0.182. The summed E-state index contributed by atoms with van der Waals surface area (Å²) in [5, 5.41) is 2.83. The monoisotopic (exact) mass is 374 g/mol. The molecule has 2 heterocycles. The third-order valence-electron chi connectivity index (χ3n) is 4.44. The van der Waals surface area contributed by atoms with E-state index in [4.69, 9.17) is 0 Å². The fourth-order valence-electron chi connectivity index (χ4n) is 2.73. The second-order valence-corrected chi connectivity index (χ2v) is 6.33. The largest absolute Gasteiger partial charge is 0.347 e. The Labute approximate surface area is 164 Å². The number of carbonyl (C=O) groups is 2. The van der Waals surface area contributed by atoms with Crippen molar-refractivity contribution >= 4 is 17.5 Å². The van der Waals surface area contributed by atoms with Crippen molar-refractivity contribution in [2.45, 2.75) is 19.9 Å². The van der Waals surface area contributed by atoms with Gasteiger partial charge in [0.25, 0.3) is 5.91 Å². The minimum Gasteiger partial charge on any atom is -0.347 e. The lowest BCUT2D eigenvalue weighted by molar-refractivity contribution is -0.118. The van der Waals surface area contributed by atoms with Crippen LogP contribution in [-0.2, 0) is 11.3 Å². The molecule has 0 radical (unpaired) electrons. The average molecular weight is 374 g/mol. The lowest BCUT2D eigenvalue weighted by Crippen LogP contribution is -2.24. The minimum absolute atomic E-state index is 0.0658. The van der Waals surface area contributed by atoms with E-state index >= 15 is 0 Å². The molecule has 6 heteroatoms. The Hall–Kier alpha value is -3.54. The maximum atomic E-state index is 12.2. The zero-order valence-electron chi connectivity index (χ0n) is 15.9. The lowest BCUT2D eigenvalue weighted by Gasteiger charge is -2.16. The third kappa shape index (κ3) is 4.59. The van der Waals surface area contributed by atoms with Crippen LogP contribution in [0.2, 0.25) is 0 Å². The number of carbonyl (C=O) groups excluding carboxylic acids is 2. The van der Waals surface area contributed by atoms with E-state index in [9.17, 15) is 9.59 Å². The standard InChI is InChI=1S/C22H22N4O2/c1-3-21(27)26(2)19-9-6-17(7-10-19)18-8-11-20(24-15-18)22(28)25-14-16-5-4-12-23-13-16/h4-13,15H,3,14H2,1-2H3,(H,25,28). The van der Waals surface area contributed by atoms with Gasteiger partial charge in [0.2, 0.25) is 5.91 Å². The molecule has 0 fully saturated rings. The van der Waals surface area contributed by atoms with Gasteiger partial charge in [-0.1, -0.05) is 31.2 Å². The van der Waals surface area contributed by atoms with Gasteiger partial charge >= 0.3 is 0 Å². The molecule has 28 heavy (non-hydrogen) atoms. The molecule has 0 unspecified atom stereocenters. The number of anilines is 1. The molecule has 1 aromatic carbocycles. The van der Waals surface area contributed by atoms with E-state index < -0.39 is 0 Å². The summed E-state index contributed by atoms with van der Waals surface area (Å²) in [4.78, 5) is 34.0. The Bertz CT molecular complexity index is 939. The Balaban J connectivity index is 1.65. The summed E-state index contributed by atoms with van der Waals surface area (Å²) >= 11 is 0. The van der Waals surface area contributed by atoms with Gasteiger partial charge in [-0.25, -0.2) is 0 Å². The number of aromatic nitrogens is 2. The third-order valence-corrected chi connectivity index (χ3v) is 4.44. The van der Waals surface area contributed by atoms with E-state index in [-0.39, 0.29) is 11.8 Å². The molecule has 1 N–H and O–H groups in total. The van der Waals surface area contributed by atoms with Crippen molar-refractivity contribution in [2.24, 2.45) is 0 Å². The maximum absolute atomic E-state index is 12.2. The topological polar surface area (TPSA) is 75.2 Å². The highest BCUT2D eigenvalue weighted by molar-refractivity contribution is 5.93. The van der Waals surface area contributed by atoms with E-state index in [1.54, 1.807) is 36.6 Å². The molecule has 0 aliphatic heterocycles. The number of pyridine rings is 2. The quantitative estimate of drug-likeness (QED) is 0.717. The molecule has 0 aliphatic carbocycles. The highest BCUT2D eigenvalue weighted by atomic mass is 16.2.